The lowest BCUT2D eigenvalue weighted by Gasteiger charge is -2.09. The quantitative estimate of drug-likeness (QED) is 0.536. The minimum Gasteiger partial charge on any atom is -0.453 e. The highest BCUT2D eigenvalue weighted by Crippen LogP contribution is 2.13. The molecule has 0 bridgehead atoms. The fourth-order valence-corrected chi connectivity index (χ4v) is 1.39. The molecule has 70 valence electrons. The zero-order chi connectivity index (χ0) is 9.68. The Kier molecular flexibility index (Phi) is 4.12. The first-order chi connectivity index (χ1) is 6.20. The summed E-state index contributed by atoms with van der Waals surface area (Å²) < 4.78 is 4.59. The van der Waals surface area contributed by atoms with Crippen LogP contribution < -0.4 is 0 Å². The Balaban J connectivity index is 2.35. The number of carbonyl (C=O) groups is 1. The van der Waals surface area contributed by atoms with E-state index in [1.165, 1.54) is 0 Å². The van der Waals surface area contributed by atoms with E-state index in [-0.39, 0.29) is 0 Å². The van der Waals surface area contributed by atoms with Crippen molar-refractivity contribution in [1.82, 2.24) is 0 Å². The standard InChI is InChI=1S/C9H9ClO2S/c10-9(11)12-6-5-7-3-1-2-4-8(7)13/h1-3H,4-6H2. The van der Waals surface area contributed by atoms with Crippen LogP contribution in [0.15, 0.2) is 23.8 Å². The summed E-state index contributed by atoms with van der Waals surface area (Å²) in [7, 11) is 0. The molecular formula is C9H9ClO2S. The minimum atomic E-state index is -0.766. The molecular weight excluding hydrogens is 208 g/mol. The zero-order valence-corrected chi connectivity index (χ0v) is 8.53. The normalized spacial score (nSPS) is 15.5. The molecule has 0 aromatic heterocycles. The van der Waals surface area contributed by atoms with Crippen LogP contribution >= 0.6 is 23.8 Å². The first-order valence-corrected chi connectivity index (χ1v) is 4.70. The van der Waals surface area contributed by atoms with Gasteiger partial charge in [0.05, 0.1) is 6.61 Å². The van der Waals surface area contributed by atoms with Gasteiger partial charge in [-0.3, -0.25) is 0 Å². The van der Waals surface area contributed by atoms with Crippen LogP contribution in [0.2, 0.25) is 0 Å². The van der Waals surface area contributed by atoms with E-state index in [2.05, 4.69) is 4.74 Å². The summed E-state index contributed by atoms with van der Waals surface area (Å²) in [4.78, 5) is 11.2. The van der Waals surface area contributed by atoms with Crippen molar-refractivity contribution in [2.75, 3.05) is 6.61 Å². The van der Waals surface area contributed by atoms with Crippen molar-refractivity contribution in [2.24, 2.45) is 0 Å². The van der Waals surface area contributed by atoms with Gasteiger partial charge in [-0.1, -0.05) is 30.4 Å². The summed E-state index contributed by atoms with van der Waals surface area (Å²) in [6.45, 7) is 0.294. The van der Waals surface area contributed by atoms with Crippen LogP contribution in [-0.2, 0) is 4.74 Å². The summed E-state index contributed by atoms with van der Waals surface area (Å²) in [5.74, 6) is 0. The van der Waals surface area contributed by atoms with Gasteiger partial charge in [-0.05, 0) is 5.57 Å². The Morgan fingerprint density at radius 3 is 3.08 bits per heavy atom. The van der Waals surface area contributed by atoms with Crippen molar-refractivity contribution in [2.45, 2.75) is 12.8 Å². The predicted octanol–water partition coefficient (Wildman–Crippen LogP) is 3.01. The van der Waals surface area contributed by atoms with Crippen molar-refractivity contribution in [3.05, 3.63) is 23.8 Å². The van der Waals surface area contributed by atoms with E-state index in [1.807, 2.05) is 18.2 Å². The van der Waals surface area contributed by atoms with Crippen LogP contribution in [0.3, 0.4) is 0 Å². The Morgan fingerprint density at radius 2 is 2.46 bits per heavy atom. The molecule has 0 saturated carbocycles. The van der Waals surface area contributed by atoms with Gasteiger partial charge in [0.25, 0.3) is 0 Å². The van der Waals surface area contributed by atoms with Crippen LogP contribution in [0.1, 0.15) is 12.8 Å². The first-order valence-electron chi connectivity index (χ1n) is 3.91. The molecule has 1 aliphatic rings. The number of halogens is 1. The molecule has 0 N–H and O–H groups in total. The third-order valence-corrected chi connectivity index (χ3v) is 2.22. The minimum absolute atomic E-state index is 0.294. The predicted molar refractivity (Wildman–Crippen MR) is 56.3 cm³/mol. The Labute approximate surface area is 87.2 Å². The van der Waals surface area contributed by atoms with Gasteiger partial charge in [-0.25, -0.2) is 4.79 Å². The largest absolute Gasteiger partial charge is 0.453 e. The molecule has 0 atom stereocenters. The highest BCUT2D eigenvalue weighted by atomic mass is 35.5. The molecule has 0 amide bonds. The van der Waals surface area contributed by atoms with Crippen molar-refractivity contribution in [3.8, 4) is 0 Å². The van der Waals surface area contributed by atoms with Crippen molar-refractivity contribution >= 4 is 34.1 Å². The summed E-state index contributed by atoms with van der Waals surface area (Å²) in [5, 5.41) is 0. The number of carbonyl (C=O) groups excluding carboxylic acids is 1. The lowest BCUT2D eigenvalue weighted by atomic mass is 10.0. The van der Waals surface area contributed by atoms with Crippen LogP contribution in [0.4, 0.5) is 4.79 Å². The number of hydrogen-bond acceptors (Lipinski definition) is 3. The molecule has 0 aliphatic heterocycles. The molecule has 0 aromatic carbocycles. The number of allylic oxidation sites excluding steroid dienone is 3. The van der Waals surface area contributed by atoms with Crippen LogP contribution in [0.25, 0.3) is 0 Å². The molecule has 0 fully saturated rings. The second kappa shape index (κ2) is 5.14. The summed E-state index contributed by atoms with van der Waals surface area (Å²) in [6, 6.07) is 0. The van der Waals surface area contributed by atoms with Gasteiger partial charge < -0.3 is 4.74 Å². The maximum atomic E-state index is 10.2. The van der Waals surface area contributed by atoms with E-state index >= 15 is 0 Å². The number of hydrogen-bond donors (Lipinski definition) is 0. The van der Waals surface area contributed by atoms with E-state index < -0.39 is 5.43 Å². The summed E-state index contributed by atoms with van der Waals surface area (Å²) >= 11 is 10.1. The molecule has 0 spiro atoms. The Bertz CT molecular complexity index is 281. The molecule has 0 heterocycles. The van der Waals surface area contributed by atoms with Crippen molar-refractivity contribution in [3.63, 3.8) is 0 Å². The average Bonchev–Trinajstić information content (AvgIpc) is 2.08. The highest BCUT2D eigenvalue weighted by Gasteiger charge is 2.06. The van der Waals surface area contributed by atoms with Gasteiger partial charge in [0.2, 0.25) is 0 Å². The smallest absolute Gasteiger partial charge is 0.403 e. The maximum absolute atomic E-state index is 10.2. The van der Waals surface area contributed by atoms with Crippen LogP contribution in [-0.4, -0.2) is 16.9 Å². The molecule has 1 aliphatic carbocycles. The summed E-state index contributed by atoms with van der Waals surface area (Å²) in [6.07, 6.45) is 7.33. The third kappa shape index (κ3) is 3.70. The van der Waals surface area contributed by atoms with Crippen LogP contribution in [0, 0.1) is 0 Å². The lowest BCUT2D eigenvalue weighted by molar-refractivity contribution is 0.175. The van der Waals surface area contributed by atoms with Crippen LogP contribution in [0.5, 0.6) is 0 Å². The van der Waals surface area contributed by atoms with Gasteiger partial charge in [0, 0.05) is 29.3 Å². The Morgan fingerprint density at radius 1 is 1.69 bits per heavy atom. The molecule has 0 aromatic rings. The average molecular weight is 217 g/mol. The van der Waals surface area contributed by atoms with Gasteiger partial charge in [-0.2, -0.15) is 0 Å². The molecule has 1 rings (SSSR count). The van der Waals surface area contributed by atoms with Crippen molar-refractivity contribution in [1.29, 1.82) is 0 Å². The van der Waals surface area contributed by atoms with E-state index in [4.69, 9.17) is 23.8 Å². The molecule has 13 heavy (non-hydrogen) atoms. The van der Waals surface area contributed by atoms with E-state index in [0.29, 0.717) is 13.0 Å². The van der Waals surface area contributed by atoms with Crippen molar-refractivity contribution < 1.29 is 9.53 Å². The number of ether oxygens (including phenoxy) is 1. The molecule has 4 heteroatoms. The van der Waals surface area contributed by atoms with Gasteiger partial charge in [-0.15, -0.1) is 0 Å². The number of thiocarbonyl (C=S) groups is 1. The van der Waals surface area contributed by atoms with E-state index in [1.54, 1.807) is 0 Å². The topological polar surface area (TPSA) is 26.3 Å². The molecule has 0 saturated heterocycles. The number of rotatable bonds is 3. The fraction of sp³-hybridized carbons (Fsp3) is 0.333. The molecule has 2 nitrogen and oxygen atoms in total. The zero-order valence-electron chi connectivity index (χ0n) is 6.96. The fourth-order valence-electron chi connectivity index (χ4n) is 1.05. The summed E-state index contributed by atoms with van der Waals surface area (Å²) in [5.41, 5.74) is 0.285. The Hall–Kier alpha value is -0.670. The van der Waals surface area contributed by atoms with Gasteiger partial charge in [0.15, 0.2) is 0 Å². The SMILES string of the molecule is O=C(Cl)OCCC1=CC=CCC1=S. The molecule has 0 unspecified atom stereocenters. The highest BCUT2D eigenvalue weighted by molar-refractivity contribution is 7.80. The first kappa shape index (κ1) is 10.4. The van der Waals surface area contributed by atoms with E-state index in [9.17, 15) is 4.79 Å². The lowest BCUT2D eigenvalue weighted by Crippen LogP contribution is -2.06. The molecule has 0 radical (unpaired) electrons. The van der Waals surface area contributed by atoms with Gasteiger partial charge >= 0.3 is 5.43 Å². The van der Waals surface area contributed by atoms with Gasteiger partial charge in [0.1, 0.15) is 0 Å². The monoisotopic (exact) mass is 216 g/mol. The maximum Gasteiger partial charge on any atom is 0.403 e. The second-order valence-corrected chi connectivity index (χ2v) is 3.38. The third-order valence-electron chi connectivity index (χ3n) is 1.68. The van der Waals surface area contributed by atoms with E-state index in [0.717, 1.165) is 16.9 Å². The second-order valence-electron chi connectivity index (χ2n) is 2.58.